The Morgan fingerprint density at radius 2 is 2.29 bits per heavy atom. The predicted octanol–water partition coefficient (Wildman–Crippen LogP) is 1.50. The molecule has 2 atom stereocenters. The van der Waals surface area contributed by atoms with E-state index in [-0.39, 0.29) is 17.8 Å². The number of nitrogens with zero attached hydrogens (tertiary/aromatic N) is 1. The average molecular weight is 237 g/mol. The van der Waals surface area contributed by atoms with Crippen LogP contribution in [0.4, 0.5) is 11.4 Å². The van der Waals surface area contributed by atoms with Crippen LogP contribution in [-0.4, -0.2) is 23.6 Å². The van der Waals surface area contributed by atoms with E-state index >= 15 is 0 Å². The summed E-state index contributed by atoms with van der Waals surface area (Å²) in [4.78, 5) is 10.3. The first kappa shape index (κ1) is 11.7. The maximum atomic E-state index is 10.8. The lowest BCUT2D eigenvalue weighted by molar-refractivity contribution is -0.384. The third-order valence-electron chi connectivity index (χ3n) is 2.60. The van der Waals surface area contributed by atoms with Gasteiger partial charge in [0.15, 0.2) is 0 Å². The van der Waals surface area contributed by atoms with Gasteiger partial charge in [0.05, 0.1) is 17.6 Å². The molecule has 2 rings (SSSR count). The molecule has 0 bridgehead atoms. The highest BCUT2D eigenvalue weighted by atomic mass is 16.6. The molecule has 92 valence electrons. The summed E-state index contributed by atoms with van der Waals surface area (Å²) in [6.45, 7) is 2.31. The third-order valence-corrected chi connectivity index (χ3v) is 2.60. The second-order valence-corrected chi connectivity index (χ2v) is 4.06. The Morgan fingerprint density at radius 1 is 1.59 bits per heavy atom. The van der Waals surface area contributed by atoms with Crippen LogP contribution in [-0.2, 0) is 0 Å². The quantitative estimate of drug-likeness (QED) is 0.598. The summed E-state index contributed by atoms with van der Waals surface area (Å²) in [7, 11) is 0. The lowest BCUT2D eigenvalue weighted by Crippen LogP contribution is -2.13. The van der Waals surface area contributed by atoms with E-state index in [1.807, 2.05) is 6.92 Å². The fourth-order valence-corrected chi connectivity index (χ4v) is 1.62. The Balaban J connectivity index is 2.20. The van der Waals surface area contributed by atoms with Crippen molar-refractivity contribution in [2.75, 3.05) is 11.9 Å². The van der Waals surface area contributed by atoms with Crippen LogP contribution >= 0.6 is 0 Å². The number of ether oxygens (including phenoxy) is 1. The van der Waals surface area contributed by atoms with E-state index in [1.165, 1.54) is 12.1 Å². The third kappa shape index (κ3) is 2.85. The maximum Gasteiger partial charge on any atom is 0.275 e. The van der Waals surface area contributed by atoms with Gasteiger partial charge in [-0.25, -0.2) is 0 Å². The van der Waals surface area contributed by atoms with Crippen molar-refractivity contribution in [3.05, 3.63) is 28.3 Å². The van der Waals surface area contributed by atoms with E-state index in [2.05, 4.69) is 5.32 Å². The zero-order valence-electron chi connectivity index (χ0n) is 9.55. The largest absolute Gasteiger partial charge is 0.494 e. The molecule has 0 spiro atoms. The van der Waals surface area contributed by atoms with Crippen LogP contribution in [0.3, 0.4) is 0 Å². The minimum atomic E-state index is -0.430. The van der Waals surface area contributed by atoms with Gasteiger partial charge in [-0.2, -0.15) is 0 Å². The molecule has 0 saturated heterocycles. The summed E-state index contributed by atoms with van der Waals surface area (Å²) >= 11 is 0. The molecule has 2 unspecified atom stereocenters. The molecule has 0 aliphatic heterocycles. The molecule has 1 fully saturated rings. The molecule has 6 heteroatoms. The van der Waals surface area contributed by atoms with Crippen LogP contribution in [0, 0.1) is 10.1 Å². The summed E-state index contributed by atoms with van der Waals surface area (Å²) in [5, 5.41) is 13.9. The Hall–Kier alpha value is -1.82. The molecule has 0 heterocycles. The number of nitro groups is 1. The number of nitrogens with one attached hydrogen (secondary N) is 1. The lowest BCUT2D eigenvalue weighted by atomic mass is 10.2. The number of rotatable bonds is 5. The van der Waals surface area contributed by atoms with Crippen LogP contribution in [0.1, 0.15) is 13.3 Å². The van der Waals surface area contributed by atoms with Gasteiger partial charge in [0, 0.05) is 29.9 Å². The van der Waals surface area contributed by atoms with Crippen LogP contribution in [0.5, 0.6) is 5.75 Å². The smallest absolute Gasteiger partial charge is 0.275 e. The summed E-state index contributed by atoms with van der Waals surface area (Å²) < 4.78 is 5.29. The molecular weight excluding hydrogens is 222 g/mol. The van der Waals surface area contributed by atoms with Crippen LogP contribution in [0.15, 0.2) is 18.2 Å². The molecule has 1 aliphatic rings. The number of non-ortho nitro benzene ring substituents is 1. The Morgan fingerprint density at radius 3 is 2.82 bits per heavy atom. The SMILES string of the molecule is CCOc1cc(NC2CC2N)cc([N+](=O)[O-])c1. The van der Waals surface area contributed by atoms with Gasteiger partial charge in [0.2, 0.25) is 0 Å². The molecule has 0 aromatic heterocycles. The number of anilines is 1. The average Bonchev–Trinajstić information content (AvgIpc) is 2.94. The Labute approximate surface area is 98.9 Å². The Kier molecular flexibility index (Phi) is 3.14. The molecule has 0 radical (unpaired) electrons. The first-order chi connectivity index (χ1) is 8.10. The minimum Gasteiger partial charge on any atom is -0.494 e. The number of hydrogen-bond donors (Lipinski definition) is 2. The van der Waals surface area contributed by atoms with Gasteiger partial charge in [-0.05, 0) is 13.3 Å². The molecular formula is C11H15N3O3. The van der Waals surface area contributed by atoms with E-state index < -0.39 is 4.92 Å². The van der Waals surface area contributed by atoms with E-state index in [1.54, 1.807) is 6.07 Å². The van der Waals surface area contributed by atoms with Crippen LogP contribution in [0.2, 0.25) is 0 Å². The molecule has 17 heavy (non-hydrogen) atoms. The maximum absolute atomic E-state index is 10.8. The Bertz CT molecular complexity index is 436. The summed E-state index contributed by atoms with van der Waals surface area (Å²) in [6.07, 6.45) is 0.895. The van der Waals surface area contributed by atoms with Gasteiger partial charge >= 0.3 is 0 Å². The summed E-state index contributed by atoms with van der Waals surface area (Å²) in [5.41, 5.74) is 6.38. The van der Waals surface area contributed by atoms with Gasteiger partial charge < -0.3 is 15.8 Å². The summed E-state index contributed by atoms with van der Waals surface area (Å²) in [5.74, 6) is 0.499. The van der Waals surface area contributed by atoms with Crippen molar-refractivity contribution in [1.29, 1.82) is 0 Å². The first-order valence-corrected chi connectivity index (χ1v) is 5.54. The standard InChI is InChI=1S/C11H15N3O3/c1-2-17-9-4-7(13-11-6-10(11)12)3-8(5-9)14(15)16/h3-5,10-11,13H,2,6,12H2,1H3. The number of nitro benzene ring substituents is 1. The van der Waals surface area contributed by atoms with Crippen molar-refractivity contribution in [3.63, 3.8) is 0 Å². The molecule has 1 aliphatic carbocycles. The lowest BCUT2D eigenvalue weighted by Gasteiger charge is -2.08. The van der Waals surface area contributed by atoms with Gasteiger partial charge in [-0.1, -0.05) is 0 Å². The number of benzene rings is 1. The van der Waals surface area contributed by atoms with Crippen molar-refractivity contribution in [2.45, 2.75) is 25.4 Å². The zero-order chi connectivity index (χ0) is 12.4. The highest BCUT2D eigenvalue weighted by Gasteiger charge is 2.33. The van der Waals surface area contributed by atoms with Crippen LogP contribution < -0.4 is 15.8 Å². The zero-order valence-corrected chi connectivity index (χ0v) is 9.55. The van der Waals surface area contributed by atoms with Gasteiger partial charge in [0.1, 0.15) is 5.75 Å². The highest BCUT2D eigenvalue weighted by Crippen LogP contribution is 2.30. The van der Waals surface area contributed by atoms with Crippen molar-refractivity contribution >= 4 is 11.4 Å². The fourth-order valence-electron chi connectivity index (χ4n) is 1.62. The molecule has 6 nitrogen and oxygen atoms in total. The normalized spacial score (nSPS) is 22.0. The number of hydrogen-bond acceptors (Lipinski definition) is 5. The van der Waals surface area contributed by atoms with E-state index in [0.29, 0.717) is 18.0 Å². The molecule has 0 amide bonds. The van der Waals surface area contributed by atoms with E-state index in [9.17, 15) is 10.1 Å². The van der Waals surface area contributed by atoms with Gasteiger partial charge in [0.25, 0.3) is 5.69 Å². The van der Waals surface area contributed by atoms with E-state index in [0.717, 1.165) is 6.42 Å². The molecule has 1 aromatic rings. The minimum absolute atomic E-state index is 0.0210. The molecule has 1 saturated carbocycles. The second-order valence-electron chi connectivity index (χ2n) is 4.06. The first-order valence-electron chi connectivity index (χ1n) is 5.54. The van der Waals surface area contributed by atoms with Crippen molar-refractivity contribution < 1.29 is 9.66 Å². The topological polar surface area (TPSA) is 90.4 Å². The van der Waals surface area contributed by atoms with E-state index in [4.69, 9.17) is 10.5 Å². The fraction of sp³-hybridized carbons (Fsp3) is 0.455. The van der Waals surface area contributed by atoms with Crippen molar-refractivity contribution in [3.8, 4) is 5.75 Å². The van der Waals surface area contributed by atoms with Gasteiger partial charge in [-0.15, -0.1) is 0 Å². The second kappa shape index (κ2) is 4.58. The molecule has 1 aromatic carbocycles. The highest BCUT2D eigenvalue weighted by molar-refractivity contribution is 5.57. The van der Waals surface area contributed by atoms with Crippen molar-refractivity contribution in [2.24, 2.45) is 5.73 Å². The van der Waals surface area contributed by atoms with Crippen molar-refractivity contribution in [1.82, 2.24) is 0 Å². The number of nitrogens with two attached hydrogens (primary N) is 1. The predicted molar refractivity (Wildman–Crippen MR) is 64.3 cm³/mol. The van der Waals surface area contributed by atoms with Crippen LogP contribution in [0.25, 0.3) is 0 Å². The van der Waals surface area contributed by atoms with Gasteiger partial charge in [-0.3, -0.25) is 10.1 Å². The summed E-state index contributed by atoms with van der Waals surface area (Å²) in [6, 6.07) is 5.02. The monoisotopic (exact) mass is 237 g/mol. The molecule has 3 N–H and O–H groups in total.